The van der Waals surface area contributed by atoms with Crippen LogP contribution in [-0.4, -0.2) is 47.1 Å². The van der Waals surface area contributed by atoms with Gasteiger partial charge in [-0.1, -0.05) is 0 Å². The second-order valence-electron chi connectivity index (χ2n) is 5.34. The first kappa shape index (κ1) is 15.3. The second-order valence-corrected chi connectivity index (χ2v) is 5.34. The second kappa shape index (κ2) is 6.55. The van der Waals surface area contributed by atoms with Crippen molar-refractivity contribution in [2.45, 2.75) is 32.8 Å². The van der Waals surface area contributed by atoms with Crippen molar-refractivity contribution in [3.8, 4) is 6.01 Å². The van der Waals surface area contributed by atoms with E-state index < -0.39 is 0 Å². The molecule has 8 heteroatoms. The van der Waals surface area contributed by atoms with Crippen LogP contribution in [0.2, 0.25) is 0 Å². The molecule has 0 spiro atoms. The molecule has 0 saturated carbocycles. The summed E-state index contributed by atoms with van der Waals surface area (Å²) in [5.41, 5.74) is 5.71. The fourth-order valence-corrected chi connectivity index (χ4v) is 2.34. The standard InChI is InChI=1S/C13H22N6O2/c1-8(2)21-13-17-11(14)16-12(18-13)19-6-4-5-9(7-19)10(20)15-3/h8-9H,4-7H2,1-3H3,(H,15,20)(H2,14,16,17,18). The number of hydrogen-bond acceptors (Lipinski definition) is 7. The maximum Gasteiger partial charge on any atom is 0.323 e. The highest BCUT2D eigenvalue weighted by molar-refractivity contribution is 5.79. The molecule has 1 amide bonds. The predicted octanol–water partition coefficient (Wildman–Crippen LogP) is 0.203. The number of nitrogen functional groups attached to an aromatic ring is 1. The molecule has 1 fully saturated rings. The first-order valence-corrected chi connectivity index (χ1v) is 7.14. The third kappa shape index (κ3) is 3.93. The zero-order valence-corrected chi connectivity index (χ0v) is 12.7. The fraction of sp³-hybridized carbons (Fsp3) is 0.692. The van der Waals surface area contributed by atoms with Crippen molar-refractivity contribution in [3.05, 3.63) is 0 Å². The summed E-state index contributed by atoms with van der Waals surface area (Å²) < 4.78 is 5.47. The van der Waals surface area contributed by atoms with Gasteiger partial charge < -0.3 is 20.7 Å². The van der Waals surface area contributed by atoms with Gasteiger partial charge in [-0.15, -0.1) is 0 Å². The van der Waals surface area contributed by atoms with E-state index >= 15 is 0 Å². The molecule has 1 aliphatic rings. The third-order valence-electron chi connectivity index (χ3n) is 3.28. The zero-order valence-electron chi connectivity index (χ0n) is 12.7. The Morgan fingerprint density at radius 2 is 2.19 bits per heavy atom. The van der Waals surface area contributed by atoms with E-state index in [1.54, 1.807) is 7.05 Å². The smallest absolute Gasteiger partial charge is 0.323 e. The Bertz CT molecular complexity index is 507. The van der Waals surface area contributed by atoms with Crippen LogP contribution < -0.4 is 20.7 Å². The number of carbonyl (C=O) groups excluding carboxylic acids is 1. The summed E-state index contributed by atoms with van der Waals surface area (Å²) in [4.78, 5) is 26.1. The van der Waals surface area contributed by atoms with Crippen molar-refractivity contribution in [2.75, 3.05) is 30.8 Å². The minimum absolute atomic E-state index is 0.0420. The molecule has 1 saturated heterocycles. The summed E-state index contributed by atoms with van der Waals surface area (Å²) in [6, 6.07) is 0.217. The van der Waals surface area contributed by atoms with E-state index in [4.69, 9.17) is 10.5 Å². The van der Waals surface area contributed by atoms with Gasteiger partial charge in [-0.3, -0.25) is 4.79 Å². The Morgan fingerprint density at radius 3 is 2.86 bits per heavy atom. The average molecular weight is 294 g/mol. The van der Waals surface area contributed by atoms with Gasteiger partial charge in [0.25, 0.3) is 0 Å². The van der Waals surface area contributed by atoms with Crippen LogP contribution in [0.3, 0.4) is 0 Å². The number of piperidine rings is 1. The molecular weight excluding hydrogens is 272 g/mol. The number of aromatic nitrogens is 3. The molecule has 1 aromatic heterocycles. The average Bonchev–Trinajstić information content (AvgIpc) is 2.45. The largest absolute Gasteiger partial charge is 0.461 e. The van der Waals surface area contributed by atoms with Gasteiger partial charge in [-0.05, 0) is 26.7 Å². The molecule has 1 aromatic rings. The van der Waals surface area contributed by atoms with E-state index in [1.807, 2.05) is 18.7 Å². The van der Waals surface area contributed by atoms with E-state index in [9.17, 15) is 4.79 Å². The van der Waals surface area contributed by atoms with Crippen molar-refractivity contribution >= 4 is 17.8 Å². The molecule has 0 aromatic carbocycles. The third-order valence-corrected chi connectivity index (χ3v) is 3.28. The first-order valence-electron chi connectivity index (χ1n) is 7.14. The molecule has 0 bridgehead atoms. The van der Waals surface area contributed by atoms with Crippen LogP contribution in [0.15, 0.2) is 0 Å². The minimum Gasteiger partial charge on any atom is -0.461 e. The van der Waals surface area contributed by atoms with Crippen LogP contribution in [0.4, 0.5) is 11.9 Å². The van der Waals surface area contributed by atoms with Crippen molar-refractivity contribution < 1.29 is 9.53 Å². The number of anilines is 2. The van der Waals surface area contributed by atoms with Gasteiger partial charge in [-0.2, -0.15) is 15.0 Å². The highest BCUT2D eigenvalue weighted by Gasteiger charge is 2.27. The summed E-state index contributed by atoms with van der Waals surface area (Å²) in [5, 5.41) is 2.69. The lowest BCUT2D eigenvalue weighted by atomic mass is 9.97. The quantitative estimate of drug-likeness (QED) is 0.817. The highest BCUT2D eigenvalue weighted by atomic mass is 16.5. The predicted molar refractivity (Wildman–Crippen MR) is 79.0 cm³/mol. The van der Waals surface area contributed by atoms with Gasteiger partial charge in [-0.25, -0.2) is 0 Å². The van der Waals surface area contributed by atoms with Crippen molar-refractivity contribution in [2.24, 2.45) is 5.92 Å². The number of nitrogens with zero attached hydrogens (tertiary/aromatic N) is 4. The summed E-state index contributed by atoms with van der Waals surface area (Å²) >= 11 is 0. The topological polar surface area (TPSA) is 106 Å². The Hall–Kier alpha value is -2.12. The molecule has 0 aliphatic carbocycles. The van der Waals surface area contributed by atoms with Crippen LogP contribution in [0, 0.1) is 5.92 Å². The van der Waals surface area contributed by atoms with Crippen LogP contribution in [-0.2, 0) is 4.79 Å². The molecule has 2 heterocycles. The normalized spacial score (nSPS) is 18.7. The lowest BCUT2D eigenvalue weighted by molar-refractivity contribution is -0.124. The molecular formula is C13H22N6O2. The number of ether oxygens (including phenoxy) is 1. The molecule has 1 unspecified atom stereocenters. The molecule has 1 aliphatic heterocycles. The van der Waals surface area contributed by atoms with Gasteiger partial charge in [0.05, 0.1) is 12.0 Å². The number of rotatable bonds is 4. The molecule has 2 rings (SSSR count). The SMILES string of the molecule is CNC(=O)C1CCCN(c2nc(N)nc(OC(C)C)n2)C1. The van der Waals surface area contributed by atoms with E-state index in [-0.39, 0.29) is 29.9 Å². The summed E-state index contributed by atoms with van der Waals surface area (Å²) in [5.74, 6) is 0.570. The maximum absolute atomic E-state index is 11.8. The Labute approximate surface area is 124 Å². The Morgan fingerprint density at radius 1 is 1.43 bits per heavy atom. The Kier molecular flexibility index (Phi) is 4.77. The lowest BCUT2D eigenvalue weighted by Gasteiger charge is -2.31. The van der Waals surface area contributed by atoms with E-state index in [0.29, 0.717) is 12.5 Å². The van der Waals surface area contributed by atoms with Gasteiger partial charge in [0.1, 0.15) is 0 Å². The van der Waals surface area contributed by atoms with Gasteiger partial charge in [0.2, 0.25) is 17.8 Å². The molecule has 21 heavy (non-hydrogen) atoms. The van der Waals surface area contributed by atoms with Crippen LogP contribution in [0.25, 0.3) is 0 Å². The van der Waals surface area contributed by atoms with E-state index in [1.165, 1.54) is 0 Å². The number of amides is 1. The molecule has 1 atom stereocenters. The minimum atomic E-state index is -0.0591. The molecule has 3 N–H and O–H groups in total. The first-order chi connectivity index (χ1) is 9.99. The maximum atomic E-state index is 11.8. The van der Waals surface area contributed by atoms with E-state index in [0.717, 1.165) is 19.4 Å². The van der Waals surface area contributed by atoms with Crippen molar-refractivity contribution in [1.29, 1.82) is 0 Å². The fourth-order valence-electron chi connectivity index (χ4n) is 2.34. The van der Waals surface area contributed by atoms with Crippen LogP contribution >= 0.6 is 0 Å². The van der Waals surface area contributed by atoms with Crippen molar-refractivity contribution in [3.63, 3.8) is 0 Å². The number of hydrogen-bond donors (Lipinski definition) is 2. The highest BCUT2D eigenvalue weighted by Crippen LogP contribution is 2.22. The van der Waals surface area contributed by atoms with E-state index in [2.05, 4.69) is 20.3 Å². The number of carbonyl (C=O) groups is 1. The van der Waals surface area contributed by atoms with Crippen LogP contribution in [0.5, 0.6) is 6.01 Å². The number of nitrogens with two attached hydrogens (primary N) is 1. The van der Waals surface area contributed by atoms with Gasteiger partial charge >= 0.3 is 6.01 Å². The van der Waals surface area contributed by atoms with Gasteiger partial charge in [0, 0.05) is 20.1 Å². The number of nitrogens with one attached hydrogen (secondary N) is 1. The van der Waals surface area contributed by atoms with Gasteiger partial charge in [0.15, 0.2) is 0 Å². The van der Waals surface area contributed by atoms with Crippen molar-refractivity contribution in [1.82, 2.24) is 20.3 Å². The molecule has 0 radical (unpaired) electrons. The summed E-state index contributed by atoms with van der Waals surface area (Å²) in [6.07, 6.45) is 1.73. The zero-order chi connectivity index (χ0) is 15.4. The Balaban J connectivity index is 2.16. The van der Waals surface area contributed by atoms with Crippen LogP contribution in [0.1, 0.15) is 26.7 Å². The monoisotopic (exact) mass is 294 g/mol. The summed E-state index contributed by atoms with van der Waals surface area (Å²) in [7, 11) is 1.65. The molecule has 8 nitrogen and oxygen atoms in total. The molecule has 116 valence electrons. The summed E-state index contributed by atoms with van der Waals surface area (Å²) in [6.45, 7) is 5.15. The lowest BCUT2D eigenvalue weighted by Crippen LogP contribution is -2.43.